The fraction of sp³-hybridized carbons (Fsp3) is 0.0625. The van der Waals surface area contributed by atoms with Crippen LogP contribution in [0, 0.1) is 0 Å². The molecule has 0 spiro atoms. The molecule has 0 aliphatic rings. The molecule has 3 aromatic rings. The van der Waals surface area contributed by atoms with Crippen molar-refractivity contribution in [1.82, 2.24) is 4.57 Å². The molecule has 0 saturated carbocycles. The molecular formula is C16H12Cl2N2O2. The minimum atomic E-state index is -0.281. The third-order valence-electron chi connectivity index (χ3n) is 3.46. The molecule has 1 heterocycles. The molecule has 3 rings (SSSR count). The predicted octanol–water partition coefficient (Wildman–Crippen LogP) is 4.44. The van der Waals surface area contributed by atoms with Gasteiger partial charge in [0.1, 0.15) is 5.69 Å². The van der Waals surface area contributed by atoms with E-state index in [-0.39, 0.29) is 21.7 Å². The highest BCUT2D eigenvalue weighted by Gasteiger charge is 2.15. The lowest BCUT2D eigenvalue weighted by Crippen LogP contribution is -2.15. The molecule has 0 radical (unpaired) electrons. The zero-order chi connectivity index (χ0) is 15.9. The normalized spacial score (nSPS) is 10.9. The Morgan fingerprint density at radius 1 is 1.14 bits per heavy atom. The number of phenolic OH excluding ortho intramolecular Hbond substituents is 1. The van der Waals surface area contributed by atoms with Gasteiger partial charge in [-0.15, -0.1) is 0 Å². The topological polar surface area (TPSA) is 54.3 Å². The van der Waals surface area contributed by atoms with E-state index in [1.54, 1.807) is 0 Å². The Balaban J connectivity index is 1.95. The van der Waals surface area contributed by atoms with E-state index in [0.29, 0.717) is 11.4 Å². The van der Waals surface area contributed by atoms with Gasteiger partial charge in [0.05, 0.1) is 10.0 Å². The van der Waals surface area contributed by atoms with Gasteiger partial charge in [-0.05, 0) is 24.3 Å². The summed E-state index contributed by atoms with van der Waals surface area (Å²) < 4.78 is 1.81. The van der Waals surface area contributed by atoms with Crippen molar-refractivity contribution in [3.63, 3.8) is 0 Å². The fourth-order valence-corrected chi connectivity index (χ4v) is 2.83. The first kappa shape index (κ1) is 14.8. The molecule has 0 saturated heterocycles. The van der Waals surface area contributed by atoms with Crippen LogP contribution in [0.25, 0.3) is 10.9 Å². The number of fused-ring (bicyclic) bond motifs is 1. The molecule has 6 heteroatoms. The number of halogens is 2. The van der Waals surface area contributed by atoms with E-state index >= 15 is 0 Å². The van der Waals surface area contributed by atoms with Crippen LogP contribution in [0.1, 0.15) is 10.5 Å². The van der Waals surface area contributed by atoms with E-state index in [0.717, 1.165) is 10.9 Å². The van der Waals surface area contributed by atoms with Crippen LogP contribution in [0.2, 0.25) is 10.0 Å². The highest BCUT2D eigenvalue weighted by Crippen LogP contribution is 2.34. The number of hydrogen-bond acceptors (Lipinski definition) is 2. The SMILES string of the molecule is Cn1c(C(=O)Nc2cc(Cl)c(O)c(Cl)c2)cc2ccccc21. The molecule has 112 valence electrons. The first-order valence-corrected chi connectivity index (χ1v) is 7.27. The van der Waals surface area contributed by atoms with Gasteiger partial charge in [-0.1, -0.05) is 41.4 Å². The van der Waals surface area contributed by atoms with Crippen LogP contribution in [0.4, 0.5) is 5.69 Å². The average molecular weight is 335 g/mol. The number of carbonyl (C=O) groups excluding carboxylic acids is 1. The van der Waals surface area contributed by atoms with Gasteiger partial charge >= 0.3 is 0 Å². The van der Waals surface area contributed by atoms with Gasteiger partial charge in [-0.3, -0.25) is 4.79 Å². The maximum absolute atomic E-state index is 12.4. The summed E-state index contributed by atoms with van der Waals surface area (Å²) in [5.41, 5.74) is 1.90. The number of anilines is 1. The van der Waals surface area contributed by atoms with Gasteiger partial charge in [-0.25, -0.2) is 0 Å². The second-order valence-electron chi connectivity index (χ2n) is 4.89. The van der Waals surface area contributed by atoms with Crippen molar-refractivity contribution >= 4 is 45.7 Å². The standard InChI is InChI=1S/C16H12Cl2N2O2/c1-20-13-5-3-2-4-9(13)6-14(20)16(22)19-10-7-11(17)15(21)12(18)8-10/h2-8,21H,1H3,(H,19,22). The molecule has 4 nitrogen and oxygen atoms in total. The molecule has 22 heavy (non-hydrogen) atoms. The summed E-state index contributed by atoms with van der Waals surface area (Å²) in [5, 5.41) is 13.4. The van der Waals surface area contributed by atoms with Crippen LogP contribution in [0.5, 0.6) is 5.75 Å². The minimum absolute atomic E-state index is 0.0832. The number of rotatable bonds is 2. The Labute approximate surface area is 136 Å². The number of aromatic nitrogens is 1. The first-order valence-electron chi connectivity index (χ1n) is 6.51. The quantitative estimate of drug-likeness (QED) is 0.680. The van der Waals surface area contributed by atoms with E-state index in [9.17, 15) is 9.90 Å². The van der Waals surface area contributed by atoms with E-state index in [1.807, 2.05) is 41.9 Å². The summed E-state index contributed by atoms with van der Waals surface area (Å²) in [6, 6.07) is 12.4. The number of aromatic hydroxyl groups is 1. The number of aryl methyl sites for hydroxylation is 1. The largest absolute Gasteiger partial charge is 0.505 e. The molecule has 0 atom stereocenters. The fourth-order valence-electron chi connectivity index (χ4n) is 2.34. The van der Waals surface area contributed by atoms with E-state index in [1.165, 1.54) is 12.1 Å². The zero-order valence-corrected chi connectivity index (χ0v) is 13.1. The molecule has 0 aliphatic carbocycles. The van der Waals surface area contributed by atoms with Gasteiger partial charge in [0.25, 0.3) is 5.91 Å². The van der Waals surface area contributed by atoms with Crippen LogP contribution >= 0.6 is 23.2 Å². The Bertz CT molecular complexity index is 864. The summed E-state index contributed by atoms with van der Waals surface area (Å²) in [6.07, 6.45) is 0. The van der Waals surface area contributed by atoms with Crippen LogP contribution in [0.15, 0.2) is 42.5 Å². The smallest absolute Gasteiger partial charge is 0.272 e. The number of nitrogens with one attached hydrogen (secondary N) is 1. The maximum Gasteiger partial charge on any atom is 0.272 e. The average Bonchev–Trinajstić information content (AvgIpc) is 2.82. The molecule has 1 amide bonds. The van der Waals surface area contributed by atoms with Crippen LogP contribution < -0.4 is 5.32 Å². The van der Waals surface area contributed by atoms with Crippen molar-refractivity contribution < 1.29 is 9.90 Å². The number of nitrogens with zero attached hydrogens (tertiary/aromatic N) is 1. The predicted molar refractivity (Wildman–Crippen MR) is 89.0 cm³/mol. The molecule has 0 aliphatic heterocycles. The highest BCUT2D eigenvalue weighted by molar-refractivity contribution is 6.37. The second-order valence-corrected chi connectivity index (χ2v) is 5.70. The number of phenols is 1. The van der Waals surface area contributed by atoms with E-state index in [4.69, 9.17) is 23.2 Å². The Morgan fingerprint density at radius 2 is 1.77 bits per heavy atom. The maximum atomic E-state index is 12.4. The number of benzene rings is 2. The Hall–Kier alpha value is -2.17. The van der Waals surface area contributed by atoms with E-state index < -0.39 is 0 Å². The molecule has 2 aromatic carbocycles. The lowest BCUT2D eigenvalue weighted by atomic mass is 10.2. The summed E-state index contributed by atoms with van der Waals surface area (Å²) in [5.74, 6) is -0.484. The third-order valence-corrected chi connectivity index (χ3v) is 4.04. The van der Waals surface area contributed by atoms with Gasteiger partial charge in [0, 0.05) is 23.6 Å². The van der Waals surface area contributed by atoms with Crippen LogP contribution in [0.3, 0.4) is 0 Å². The van der Waals surface area contributed by atoms with Crippen molar-refractivity contribution in [2.45, 2.75) is 0 Å². The monoisotopic (exact) mass is 334 g/mol. The van der Waals surface area contributed by atoms with Gasteiger partial charge < -0.3 is 15.0 Å². The molecule has 0 unspecified atom stereocenters. The Kier molecular flexibility index (Phi) is 3.72. The van der Waals surface area contributed by atoms with Crippen molar-refractivity contribution in [2.24, 2.45) is 7.05 Å². The third kappa shape index (κ3) is 2.51. The Morgan fingerprint density at radius 3 is 2.41 bits per heavy atom. The zero-order valence-electron chi connectivity index (χ0n) is 11.6. The van der Waals surface area contributed by atoms with Crippen LogP contribution in [-0.4, -0.2) is 15.6 Å². The van der Waals surface area contributed by atoms with Crippen molar-refractivity contribution in [2.75, 3.05) is 5.32 Å². The minimum Gasteiger partial charge on any atom is -0.505 e. The molecule has 2 N–H and O–H groups in total. The van der Waals surface area contributed by atoms with Gasteiger partial charge in [0.2, 0.25) is 0 Å². The van der Waals surface area contributed by atoms with E-state index in [2.05, 4.69) is 5.32 Å². The van der Waals surface area contributed by atoms with Crippen molar-refractivity contribution in [1.29, 1.82) is 0 Å². The molecular weight excluding hydrogens is 323 g/mol. The number of carbonyl (C=O) groups is 1. The molecule has 0 fully saturated rings. The second kappa shape index (κ2) is 5.55. The number of para-hydroxylation sites is 1. The van der Waals surface area contributed by atoms with Crippen molar-refractivity contribution in [3.05, 3.63) is 58.2 Å². The first-order chi connectivity index (χ1) is 10.5. The summed E-state index contributed by atoms with van der Waals surface area (Å²) in [4.78, 5) is 12.4. The van der Waals surface area contributed by atoms with Gasteiger partial charge in [-0.2, -0.15) is 0 Å². The lowest BCUT2D eigenvalue weighted by molar-refractivity contribution is 0.101. The number of amides is 1. The summed E-state index contributed by atoms with van der Waals surface area (Å²) in [6.45, 7) is 0. The highest BCUT2D eigenvalue weighted by atomic mass is 35.5. The lowest BCUT2D eigenvalue weighted by Gasteiger charge is -2.08. The summed E-state index contributed by atoms with van der Waals surface area (Å²) in [7, 11) is 1.83. The summed E-state index contributed by atoms with van der Waals surface area (Å²) >= 11 is 11.7. The van der Waals surface area contributed by atoms with Crippen molar-refractivity contribution in [3.8, 4) is 5.75 Å². The molecule has 1 aromatic heterocycles. The van der Waals surface area contributed by atoms with Crippen LogP contribution in [-0.2, 0) is 7.05 Å². The van der Waals surface area contributed by atoms with Gasteiger partial charge in [0.15, 0.2) is 5.75 Å². The number of hydrogen-bond donors (Lipinski definition) is 2. The molecule has 0 bridgehead atoms.